The summed E-state index contributed by atoms with van der Waals surface area (Å²) in [7, 11) is 0. The Morgan fingerprint density at radius 2 is 2.11 bits per heavy atom. The van der Waals surface area contributed by atoms with E-state index in [9.17, 15) is 9.90 Å². The summed E-state index contributed by atoms with van der Waals surface area (Å²) in [5.41, 5.74) is -0.875. The first-order valence-corrected chi connectivity index (χ1v) is 7.71. The van der Waals surface area contributed by atoms with E-state index in [4.69, 9.17) is 4.74 Å². The van der Waals surface area contributed by atoms with E-state index in [1.807, 2.05) is 6.92 Å². The molecule has 1 amide bonds. The Hall–Kier alpha value is -0.610. The Bertz CT molecular complexity index is 302. The van der Waals surface area contributed by atoms with Crippen LogP contribution in [0.2, 0.25) is 0 Å². The maximum absolute atomic E-state index is 11.8. The Kier molecular flexibility index (Phi) is 5.22. The molecule has 0 bridgehead atoms. The normalized spacial score (nSPS) is 32.4. The predicted molar refractivity (Wildman–Crippen MR) is 73.8 cm³/mol. The van der Waals surface area contributed by atoms with Gasteiger partial charge in [-0.05, 0) is 19.3 Å². The van der Waals surface area contributed by atoms with E-state index in [1.165, 1.54) is 32.1 Å². The molecule has 2 rings (SSSR count). The lowest BCUT2D eigenvalue weighted by molar-refractivity contribution is -0.123. The van der Waals surface area contributed by atoms with Gasteiger partial charge in [-0.1, -0.05) is 32.1 Å². The van der Waals surface area contributed by atoms with Gasteiger partial charge in [-0.15, -0.1) is 0 Å². The lowest BCUT2D eigenvalue weighted by Crippen LogP contribution is -2.47. The van der Waals surface area contributed by atoms with Crippen molar-refractivity contribution in [3.63, 3.8) is 0 Å². The highest BCUT2D eigenvalue weighted by Gasteiger charge is 2.39. The minimum Gasteiger partial charge on any atom is -0.385 e. The highest BCUT2D eigenvalue weighted by molar-refractivity contribution is 5.75. The molecule has 4 heteroatoms. The van der Waals surface area contributed by atoms with Crippen molar-refractivity contribution in [3.8, 4) is 0 Å². The minimum atomic E-state index is -0.875. The highest BCUT2D eigenvalue weighted by atomic mass is 16.5. The molecule has 0 spiro atoms. The van der Waals surface area contributed by atoms with Crippen LogP contribution in [0.3, 0.4) is 0 Å². The third kappa shape index (κ3) is 4.18. The van der Waals surface area contributed by atoms with Crippen molar-refractivity contribution >= 4 is 5.91 Å². The van der Waals surface area contributed by atoms with Gasteiger partial charge < -0.3 is 15.2 Å². The van der Waals surface area contributed by atoms with Gasteiger partial charge in [0.05, 0.1) is 6.10 Å². The van der Waals surface area contributed by atoms with E-state index in [0.717, 1.165) is 12.3 Å². The van der Waals surface area contributed by atoms with Crippen LogP contribution < -0.4 is 5.32 Å². The Balaban J connectivity index is 1.64. The SMILES string of the molecule is CC1OCCC1(O)CNC(=O)CCC1CCCCC1. The van der Waals surface area contributed by atoms with Crippen molar-refractivity contribution < 1.29 is 14.6 Å². The molecule has 2 N–H and O–H groups in total. The van der Waals surface area contributed by atoms with Gasteiger partial charge in [-0.3, -0.25) is 4.79 Å². The van der Waals surface area contributed by atoms with Gasteiger partial charge in [0.15, 0.2) is 0 Å². The predicted octanol–water partition coefficient (Wildman–Crippen LogP) is 2.00. The molecule has 1 saturated carbocycles. The molecule has 110 valence electrons. The zero-order chi connectivity index (χ0) is 13.7. The van der Waals surface area contributed by atoms with E-state index >= 15 is 0 Å². The van der Waals surface area contributed by atoms with E-state index in [1.54, 1.807) is 0 Å². The van der Waals surface area contributed by atoms with Gasteiger partial charge in [0.25, 0.3) is 0 Å². The number of carbonyl (C=O) groups excluding carboxylic acids is 1. The fourth-order valence-corrected chi connectivity index (χ4v) is 3.15. The number of aliphatic hydroxyl groups is 1. The van der Waals surface area contributed by atoms with Crippen molar-refractivity contribution in [1.29, 1.82) is 0 Å². The number of hydrogen-bond donors (Lipinski definition) is 2. The van der Waals surface area contributed by atoms with Crippen LogP contribution in [0.25, 0.3) is 0 Å². The molecule has 19 heavy (non-hydrogen) atoms. The van der Waals surface area contributed by atoms with Gasteiger partial charge in [-0.25, -0.2) is 0 Å². The van der Waals surface area contributed by atoms with Crippen LogP contribution in [0, 0.1) is 5.92 Å². The summed E-state index contributed by atoms with van der Waals surface area (Å²) in [5.74, 6) is 0.800. The van der Waals surface area contributed by atoms with E-state index in [0.29, 0.717) is 26.0 Å². The van der Waals surface area contributed by atoms with E-state index < -0.39 is 5.60 Å². The summed E-state index contributed by atoms with van der Waals surface area (Å²) >= 11 is 0. The maximum atomic E-state index is 11.8. The molecule has 0 radical (unpaired) electrons. The van der Waals surface area contributed by atoms with Crippen LogP contribution in [0.1, 0.15) is 58.3 Å². The quantitative estimate of drug-likeness (QED) is 0.802. The third-order valence-corrected chi connectivity index (χ3v) is 4.76. The zero-order valence-corrected chi connectivity index (χ0v) is 12.0. The molecule has 0 aromatic carbocycles. The number of ether oxygens (including phenoxy) is 1. The molecule has 2 aliphatic rings. The molecule has 1 heterocycles. The summed E-state index contributed by atoms with van der Waals surface area (Å²) in [6.07, 6.45) is 8.56. The highest BCUT2D eigenvalue weighted by Crippen LogP contribution is 2.27. The second-order valence-corrected chi connectivity index (χ2v) is 6.19. The minimum absolute atomic E-state index is 0.0677. The molecular weight excluding hydrogens is 242 g/mol. The standard InChI is InChI=1S/C15H27NO3/c1-12-15(18,9-10-19-12)11-16-14(17)8-7-13-5-3-2-4-6-13/h12-13,18H,2-11H2,1H3,(H,16,17). The van der Waals surface area contributed by atoms with E-state index in [2.05, 4.69) is 5.32 Å². The zero-order valence-electron chi connectivity index (χ0n) is 12.0. The summed E-state index contributed by atoms with van der Waals surface area (Å²) in [6.45, 7) is 2.76. The Morgan fingerprint density at radius 3 is 2.74 bits per heavy atom. The second-order valence-electron chi connectivity index (χ2n) is 6.19. The maximum Gasteiger partial charge on any atom is 0.220 e. The van der Waals surface area contributed by atoms with Crippen LogP contribution in [-0.2, 0) is 9.53 Å². The largest absolute Gasteiger partial charge is 0.385 e. The monoisotopic (exact) mass is 269 g/mol. The molecule has 2 fully saturated rings. The molecule has 1 aliphatic carbocycles. The smallest absolute Gasteiger partial charge is 0.220 e. The van der Waals surface area contributed by atoms with Crippen molar-refractivity contribution in [3.05, 3.63) is 0 Å². The number of rotatable bonds is 5. The molecule has 0 aromatic heterocycles. The molecular formula is C15H27NO3. The van der Waals surface area contributed by atoms with Crippen LogP contribution in [0.15, 0.2) is 0 Å². The fraction of sp³-hybridized carbons (Fsp3) is 0.933. The average Bonchev–Trinajstić information content (AvgIpc) is 2.76. The molecule has 4 nitrogen and oxygen atoms in total. The van der Waals surface area contributed by atoms with Crippen LogP contribution in [0.4, 0.5) is 0 Å². The lowest BCUT2D eigenvalue weighted by atomic mass is 9.86. The van der Waals surface area contributed by atoms with Crippen LogP contribution in [0.5, 0.6) is 0 Å². The number of nitrogens with one attached hydrogen (secondary N) is 1. The van der Waals surface area contributed by atoms with Crippen molar-refractivity contribution in [1.82, 2.24) is 5.32 Å². The summed E-state index contributed by atoms with van der Waals surface area (Å²) in [4.78, 5) is 11.8. The van der Waals surface area contributed by atoms with Crippen molar-refractivity contribution in [2.24, 2.45) is 5.92 Å². The van der Waals surface area contributed by atoms with Gasteiger partial charge in [0.2, 0.25) is 5.91 Å². The van der Waals surface area contributed by atoms with E-state index in [-0.39, 0.29) is 12.0 Å². The fourth-order valence-electron chi connectivity index (χ4n) is 3.15. The molecule has 1 aliphatic heterocycles. The Labute approximate surface area is 115 Å². The summed E-state index contributed by atoms with van der Waals surface area (Å²) in [5, 5.41) is 13.2. The number of carbonyl (C=O) groups is 1. The second kappa shape index (κ2) is 6.71. The molecule has 2 atom stereocenters. The molecule has 2 unspecified atom stereocenters. The average molecular weight is 269 g/mol. The third-order valence-electron chi connectivity index (χ3n) is 4.76. The first-order chi connectivity index (χ1) is 9.10. The number of amides is 1. The Morgan fingerprint density at radius 1 is 1.37 bits per heavy atom. The van der Waals surface area contributed by atoms with Crippen molar-refractivity contribution in [2.45, 2.75) is 70.0 Å². The number of hydrogen-bond acceptors (Lipinski definition) is 3. The molecule has 1 saturated heterocycles. The lowest BCUT2D eigenvalue weighted by Gasteiger charge is -2.26. The molecule has 0 aromatic rings. The summed E-state index contributed by atoms with van der Waals surface area (Å²) in [6, 6.07) is 0. The first-order valence-electron chi connectivity index (χ1n) is 7.71. The van der Waals surface area contributed by atoms with Crippen LogP contribution >= 0.6 is 0 Å². The van der Waals surface area contributed by atoms with Gasteiger partial charge in [0, 0.05) is 26.0 Å². The first kappa shape index (κ1) is 14.8. The van der Waals surface area contributed by atoms with Crippen molar-refractivity contribution in [2.75, 3.05) is 13.2 Å². The topological polar surface area (TPSA) is 58.6 Å². The van der Waals surface area contributed by atoms with Gasteiger partial charge in [0.1, 0.15) is 5.60 Å². The van der Waals surface area contributed by atoms with Gasteiger partial charge in [-0.2, -0.15) is 0 Å². The summed E-state index contributed by atoms with van der Waals surface area (Å²) < 4.78 is 5.35. The van der Waals surface area contributed by atoms with Gasteiger partial charge >= 0.3 is 0 Å². The van der Waals surface area contributed by atoms with Crippen LogP contribution in [-0.4, -0.2) is 35.9 Å².